The molecule has 0 saturated heterocycles. The van der Waals surface area contributed by atoms with Gasteiger partial charge in [0.1, 0.15) is 29.6 Å². The monoisotopic (exact) mass is 492 g/mol. The first-order valence-electron chi connectivity index (χ1n) is 10.6. The molecule has 3 aromatic carbocycles. The number of para-hydroxylation sites is 1. The predicted octanol–water partition coefficient (Wildman–Crippen LogP) is 7.08. The van der Waals surface area contributed by atoms with Crippen LogP contribution in [0.2, 0.25) is 5.02 Å². The van der Waals surface area contributed by atoms with E-state index in [-0.39, 0.29) is 29.5 Å². The third-order valence-electron chi connectivity index (χ3n) is 5.07. The zero-order valence-corrected chi connectivity index (χ0v) is 19.7. The number of non-ortho nitro benzene ring substituents is 1. The molecule has 1 aromatic heterocycles. The Morgan fingerprint density at radius 2 is 1.80 bits per heavy atom. The first-order valence-corrected chi connectivity index (χ1v) is 11.0. The number of carbonyl (C=O) groups excluding carboxylic acids is 1. The fourth-order valence-electron chi connectivity index (χ4n) is 3.31. The maximum Gasteiger partial charge on any atom is 0.291 e. The summed E-state index contributed by atoms with van der Waals surface area (Å²) in [4.78, 5) is 23.6. The average Bonchev–Trinajstić information content (AvgIpc) is 3.29. The quantitative estimate of drug-likeness (QED) is 0.208. The van der Waals surface area contributed by atoms with Gasteiger partial charge >= 0.3 is 0 Å². The van der Waals surface area contributed by atoms with Gasteiger partial charge in [-0.05, 0) is 61.4 Å². The van der Waals surface area contributed by atoms with Gasteiger partial charge in [0.2, 0.25) is 0 Å². The van der Waals surface area contributed by atoms with Gasteiger partial charge in [0.25, 0.3) is 11.6 Å². The number of furan rings is 1. The van der Waals surface area contributed by atoms with Crippen molar-refractivity contribution in [1.82, 2.24) is 0 Å². The van der Waals surface area contributed by atoms with Crippen LogP contribution in [0.3, 0.4) is 0 Å². The minimum atomic E-state index is -0.568. The van der Waals surface area contributed by atoms with E-state index in [0.717, 1.165) is 11.1 Å². The van der Waals surface area contributed by atoms with Crippen LogP contribution in [0.15, 0.2) is 77.2 Å². The van der Waals surface area contributed by atoms with Gasteiger partial charge in [-0.2, -0.15) is 0 Å². The average molecular weight is 493 g/mol. The number of anilines is 1. The van der Waals surface area contributed by atoms with Crippen LogP contribution >= 0.6 is 11.6 Å². The zero-order chi connectivity index (χ0) is 24.9. The topological polar surface area (TPSA) is 104 Å². The van der Waals surface area contributed by atoms with Crippen LogP contribution in [0, 0.1) is 24.0 Å². The van der Waals surface area contributed by atoms with Crippen molar-refractivity contribution in [2.45, 2.75) is 20.5 Å². The summed E-state index contributed by atoms with van der Waals surface area (Å²) in [7, 11) is 0. The number of benzene rings is 3. The number of nitro benzene ring substituents is 1. The van der Waals surface area contributed by atoms with Gasteiger partial charge in [0, 0.05) is 17.2 Å². The lowest BCUT2D eigenvalue weighted by molar-refractivity contribution is -0.384. The maximum absolute atomic E-state index is 12.7. The summed E-state index contributed by atoms with van der Waals surface area (Å²) >= 11 is 5.96. The molecule has 1 amide bonds. The molecule has 0 spiro atoms. The molecule has 0 aliphatic rings. The molecule has 0 unspecified atom stereocenters. The normalized spacial score (nSPS) is 10.6. The molecule has 0 aliphatic carbocycles. The molecule has 9 heteroatoms. The number of aryl methyl sites for hydroxylation is 2. The number of halogens is 1. The Morgan fingerprint density at radius 1 is 1.00 bits per heavy atom. The Morgan fingerprint density at radius 3 is 2.54 bits per heavy atom. The molecule has 4 rings (SSSR count). The second kappa shape index (κ2) is 10.3. The van der Waals surface area contributed by atoms with Gasteiger partial charge in [0.15, 0.2) is 5.76 Å². The van der Waals surface area contributed by atoms with Crippen molar-refractivity contribution in [3.8, 4) is 17.2 Å². The second-order valence-corrected chi connectivity index (χ2v) is 8.20. The van der Waals surface area contributed by atoms with E-state index >= 15 is 0 Å². The third-order valence-corrected chi connectivity index (χ3v) is 5.31. The Labute approximate surface area is 206 Å². The van der Waals surface area contributed by atoms with E-state index in [9.17, 15) is 14.9 Å². The summed E-state index contributed by atoms with van der Waals surface area (Å²) in [6.45, 7) is 3.85. The summed E-state index contributed by atoms with van der Waals surface area (Å²) in [5.41, 5.74) is 1.71. The molecule has 0 bridgehead atoms. The van der Waals surface area contributed by atoms with Gasteiger partial charge in [-0.15, -0.1) is 0 Å². The van der Waals surface area contributed by atoms with Crippen LogP contribution in [0.5, 0.6) is 17.2 Å². The fraction of sp³-hybridized carbons (Fsp3) is 0.115. The summed E-state index contributed by atoms with van der Waals surface area (Å²) in [6.07, 6.45) is 0. The second-order valence-electron chi connectivity index (χ2n) is 7.76. The molecule has 0 radical (unpaired) electrons. The number of hydrogen-bond donors (Lipinski definition) is 1. The van der Waals surface area contributed by atoms with Crippen molar-refractivity contribution in [2.24, 2.45) is 0 Å². The van der Waals surface area contributed by atoms with Crippen LogP contribution in [0.25, 0.3) is 0 Å². The Hall–Kier alpha value is -4.30. The molecule has 0 fully saturated rings. The largest absolute Gasteiger partial charge is 0.485 e. The smallest absolute Gasteiger partial charge is 0.291 e. The number of ether oxygens (including phenoxy) is 2. The van der Waals surface area contributed by atoms with E-state index in [1.54, 1.807) is 36.4 Å². The van der Waals surface area contributed by atoms with Crippen LogP contribution < -0.4 is 14.8 Å². The van der Waals surface area contributed by atoms with E-state index in [1.165, 1.54) is 24.3 Å². The van der Waals surface area contributed by atoms with E-state index in [2.05, 4.69) is 5.32 Å². The standard InChI is InChI=1S/C26H21ClN2O6/c1-16-5-3-4-6-24(16)35-22-13-19(12-20(14-22)29(31)32)28-26(30)25-10-8-21(34-25)15-33-23-9-7-18(27)11-17(23)2/h3-14H,15H2,1-2H3,(H,28,30). The number of rotatable bonds is 8. The molecule has 1 N–H and O–H groups in total. The number of hydrogen-bond acceptors (Lipinski definition) is 6. The van der Waals surface area contributed by atoms with Crippen LogP contribution in [-0.2, 0) is 6.61 Å². The molecule has 0 aliphatic heterocycles. The van der Waals surface area contributed by atoms with Gasteiger partial charge in [-0.3, -0.25) is 14.9 Å². The molecule has 178 valence electrons. The molecule has 0 atom stereocenters. The highest BCUT2D eigenvalue weighted by Crippen LogP contribution is 2.31. The van der Waals surface area contributed by atoms with Crippen LogP contribution in [0.1, 0.15) is 27.4 Å². The number of carbonyl (C=O) groups is 1. The number of amides is 1. The van der Waals surface area contributed by atoms with E-state index in [1.807, 2.05) is 26.0 Å². The van der Waals surface area contributed by atoms with Crippen molar-refractivity contribution >= 4 is 28.9 Å². The lowest BCUT2D eigenvalue weighted by Gasteiger charge is -2.10. The highest BCUT2D eigenvalue weighted by atomic mass is 35.5. The van der Waals surface area contributed by atoms with Gasteiger partial charge in [-0.25, -0.2) is 0 Å². The minimum Gasteiger partial charge on any atom is -0.485 e. The highest BCUT2D eigenvalue weighted by molar-refractivity contribution is 6.30. The molecule has 35 heavy (non-hydrogen) atoms. The van der Waals surface area contributed by atoms with E-state index in [4.69, 9.17) is 25.5 Å². The first-order chi connectivity index (χ1) is 16.8. The minimum absolute atomic E-state index is 0.0318. The zero-order valence-electron chi connectivity index (χ0n) is 18.9. The molecule has 4 aromatic rings. The number of nitro groups is 1. The van der Waals surface area contributed by atoms with E-state index < -0.39 is 10.8 Å². The van der Waals surface area contributed by atoms with Gasteiger partial charge in [-0.1, -0.05) is 29.8 Å². The van der Waals surface area contributed by atoms with Crippen molar-refractivity contribution in [1.29, 1.82) is 0 Å². The predicted molar refractivity (Wildman–Crippen MR) is 132 cm³/mol. The van der Waals surface area contributed by atoms with Crippen molar-refractivity contribution in [2.75, 3.05) is 5.32 Å². The maximum atomic E-state index is 12.7. The van der Waals surface area contributed by atoms with Crippen LogP contribution in [0.4, 0.5) is 11.4 Å². The third kappa shape index (κ3) is 5.99. The van der Waals surface area contributed by atoms with Gasteiger partial charge < -0.3 is 19.2 Å². The number of nitrogens with zero attached hydrogens (tertiary/aromatic N) is 1. The summed E-state index contributed by atoms with van der Waals surface area (Å²) < 4.78 is 17.2. The highest BCUT2D eigenvalue weighted by Gasteiger charge is 2.17. The SMILES string of the molecule is Cc1cc(Cl)ccc1OCc1ccc(C(=O)Nc2cc(Oc3ccccc3C)cc([N+](=O)[O-])c2)o1. The fourth-order valence-corrected chi connectivity index (χ4v) is 3.54. The Balaban J connectivity index is 1.47. The number of nitrogens with one attached hydrogen (secondary N) is 1. The molecular formula is C26H21ClN2O6. The summed E-state index contributed by atoms with van der Waals surface area (Å²) in [6, 6.07) is 19.7. The van der Waals surface area contributed by atoms with Crippen molar-refractivity contribution in [3.05, 3.63) is 111 Å². The van der Waals surface area contributed by atoms with E-state index in [0.29, 0.717) is 22.3 Å². The molecule has 0 saturated carbocycles. The molecule has 8 nitrogen and oxygen atoms in total. The Bertz CT molecular complexity index is 1400. The molecular weight excluding hydrogens is 472 g/mol. The lowest BCUT2D eigenvalue weighted by Crippen LogP contribution is -2.11. The van der Waals surface area contributed by atoms with Crippen LogP contribution in [-0.4, -0.2) is 10.8 Å². The van der Waals surface area contributed by atoms with Crippen molar-refractivity contribution in [3.63, 3.8) is 0 Å². The summed E-state index contributed by atoms with van der Waals surface area (Å²) in [5.74, 6) is 1.32. The van der Waals surface area contributed by atoms with Crippen molar-refractivity contribution < 1.29 is 23.6 Å². The lowest BCUT2D eigenvalue weighted by atomic mass is 10.2. The molecule has 1 heterocycles. The summed E-state index contributed by atoms with van der Waals surface area (Å²) in [5, 5.41) is 14.6. The first kappa shape index (κ1) is 23.8. The van der Waals surface area contributed by atoms with Gasteiger partial charge in [0.05, 0.1) is 16.7 Å². The Kier molecular flexibility index (Phi) is 7.03.